The first-order chi connectivity index (χ1) is 5.79. The molecule has 0 aliphatic carbocycles. The quantitative estimate of drug-likeness (QED) is 0.601. The van der Waals surface area contributed by atoms with Gasteiger partial charge >= 0.3 is 0 Å². The molecule has 0 saturated heterocycles. The van der Waals surface area contributed by atoms with Gasteiger partial charge in [-0.2, -0.15) is 0 Å². The first-order valence-electron chi connectivity index (χ1n) is 3.63. The number of rotatable bonds is 1. The molecule has 0 amide bonds. The van der Waals surface area contributed by atoms with Gasteiger partial charge in [0.05, 0.1) is 5.39 Å². The zero-order valence-corrected chi connectivity index (χ0v) is 6.57. The highest BCUT2D eigenvalue weighted by atomic mass is 16.5. The van der Waals surface area contributed by atoms with E-state index in [0.717, 1.165) is 10.9 Å². The van der Waals surface area contributed by atoms with Crippen molar-refractivity contribution < 1.29 is 9.32 Å². The summed E-state index contributed by atoms with van der Waals surface area (Å²) < 4.78 is 4.75. The Kier molecular flexibility index (Phi) is 1.43. The Morgan fingerprint density at radius 3 is 3.08 bits per heavy atom. The second kappa shape index (κ2) is 2.44. The molecule has 12 heavy (non-hydrogen) atoms. The first-order valence-corrected chi connectivity index (χ1v) is 3.63. The topological polar surface area (TPSA) is 43.1 Å². The minimum absolute atomic E-state index is 0.0313. The Labute approximate surface area is 69.0 Å². The van der Waals surface area contributed by atoms with Gasteiger partial charge in [-0.05, 0) is 13.0 Å². The predicted molar refractivity (Wildman–Crippen MR) is 44.0 cm³/mol. The molecule has 0 atom stereocenters. The van der Waals surface area contributed by atoms with Crippen LogP contribution in [0.5, 0.6) is 0 Å². The maximum absolute atomic E-state index is 11.1. The molecule has 1 heterocycles. The SMILES string of the molecule is CC(=O)c1cccc2nocc12. The second-order valence-electron chi connectivity index (χ2n) is 2.61. The zero-order valence-electron chi connectivity index (χ0n) is 6.57. The van der Waals surface area contributed by atoms with Gasteiger partial charge in [0.15, 0.2) is 5.78 Å². The predicted octanol–water partition coefficient (Wildman–Crippen LogP) is 2.03. The van der Waals surface area contributed by atoms with Gasteiger partial charge in [0.25, 0.3) is 0 Å². The van der Waals surface area contributed by atoms with Crippen LogP contribution in [0.3, 0.4) is 0 Å². The fraction of sp³-hybridized carbons (Fsp3) is 0.111. The molecule has 0 N–H and O–H groups in total. The minimum Gasteiger partial charge on any atom is -0.363 e. The van der Waals surface area contributed by atoms with E-state index < -0.39 is 0 Å². The summed E-state index contributed by atoms with van der Waals surface area (Å²) in [7, 11) is 0. The molecule has 3 nitrogen and oxygen atoms in total. The fourth-order valence-corrected chi connectivity index (χ4v) is 1.20. The number of carbonyl (C=O) groups excluding carboxylic acids is 1. The lowest BCUT2D eigenvalue weighted by Gasteiger charge is -1.93. The number of Topliss-reactive ketones (excluding diaryl/α,β-unsaturated/α-hetero) is 1. The fourth-order valence-electron chi connectivity index (χ4n) is 1.20. The van der Waals surface area contributed by atoms with Gasteiger partial charge in [-0.25, -0.2) is 0 Å². The number of nitrogens with zero attached hydrogens (tertiary/aromatic N) is 1. The van der Waals surface area contributed by atoms with Crippen LogP contribution in [0.15, 0.2) is 29.0 Å². The molecule has 0 unspecified atom stereocenters. The molecule has 1 aromatic heterocycles. The smallest absolute Gasteiger partial charge is 0.160 e. The minimum atomic E-state index is 0.0313. The van der Waals surface area contributed by atoms with E-state index in [1.165, 1.54) is 13.2 Å². The molecule has 3 heteroatoms. The monoisotopic (exact) mass is 161 g/mol. The van der Waals surface area contributed by atoms with Crippen LogP contribution in [-0.2, 0) is 0 Å². The average Bonchev–Trinajstić information content (AvgIpc) is 2.49. The van der Waals surface area contributed by atoms with Crippen molar-refractivity contribution in [3.63, 3.8) is 0 Å². The van der Waals surface area contributed by atoms with Crippen LogP contribution in [-0.4, -0.2) is 10.9 Å². The van der Waals surface area contributed by atoms with Gasteiger partial charge < -0.3 is 4.52 Å². The highest BCUT2D eigenvalue weighted by Crippen LogP contribution is 2.17. The zero-order chi connectivity index (χ0) is 8.55. The van der Waals surface area contributed by atoms with Crippen molar-refractivity contribution in [1.82, 2.24) is 5.16 Å². The van der Waals surface area contributed by atoms with Crippen molar-refractivity contribution in [2.75, 3.05) is 0 Å². The summed E-state index contributed by atoms with van der Waals surface area (Å²) in [6.07, 6.45) is 1.49. The van der Waals surface area contributed by atoms with Crippen LogP contribution in [0.4, 0.5) is 0 Å². The number of hydrogen-bond donors (Lipinski definition) is 0. The van der Waals surface area contributed by atoms with Crippen molar-refractivity contribution in [3.05, 3.63) is 30.0 Å². The van der Waals surface area contributed by atoms with Gasteiger partial charge in [0.1, 0.15) is 11.8 Å². The lowest BCUT2D eigenvalue weighted by molar-refractivity contribution is 0.101. The summed E-state index contributed by atoms with van der Waals surface area (Å²) in [5.74, 6) is 0.0313. The Balaban J connectivity index is 2.82. The molecule has 0 aliphatic heterocycles. The lowest BCUT2D eigenvalue weighted by atomic mass is 10.1. The molecular weight excluding hydrogens is 154 g/mol. The number of benzene rings is 1. The molecule has 0 aliphatic rings. The number of fused-ring (bicyclic) bond motifs is 1. The third-order valence-electron chi connectivity index (χ3n) is 1.78. The van der Waals surface area contributed by atoms with Crippen LogP contribution < -0.4 is 0 Å². The largest absolute Gasteiger partial charge is 0.363 e. The standard InChI is InChI=1S/C9H7NO2/c1-6(11)7-3-2-4-9-8(7)5-12-10-9/h2-5H,1H3. The van der Waals surface area contributed by atoms with E-state index in [2.05, 4.69) is 5.16 Å². The lowest BCUT2D eigenvalue weighted by Crippen LogP contribution is -1.91. The molecule has 2 rings (SSSR count). The normalized spacial score (nSPS) is 10.4. The van der Waals surface area contributed by atoms with Crippen LogP contribution in [0.25, 0.3) is 10.9 Å². The van der Waals surface area contributed by atoms with Crippen molar-refractivity contribution in [1.29, 1.82) is 0 Å². The Morgan fingerprint density at radius 1 is 1.50 bits per heavy atom. The number of hydrogen-bond acceptors (Lipinski definition) is 3. The van der Waals surface area contributed by atoms with E-state index in [-0.39, 0.29) is 5.78 Å². The van der Waals surface area contributed by atoms with Crippen LogP contribution in [0.2, 0.25) is 0 Å². The maximum Gasteiger partial charge on any atom is 0.160 e. The van der Waals surface area contributed by atoms with Gasteiger partial charge in [-0.1, -0.05) is 17.3 Å². The molecule has 0 spiro atoms. The van der Waals surface area contributed by atoms with Gasteiger partial charge in [-0.3, -0.25) is 4.79 Å². The first kappa shape index (κ1) is 7.03. The van der Waals surface area contributed by atoms with E-state index >= 15 is 0 Å². The molecule has 60 valence electrons. The molecule has 0 radical (unpaired) electrons. The summed E-state index contributed by atoms with van der Waals surface area (Å²) in [4.78, 5) is 11.1. The summed E-state index contributed by atoms with van der Waals surface area (Å²) in [6, 6.07) is 5.37. The molecule has 0 fully saturated rings. The highest BCUT2D eigenvalue weighted by Gasteiger charge is 2.06. The Morgan fingerprint density at radius 2 is 2.33 bits per heavy atom. The number of carbonyl (C=O) groups is 1. The van der Waals surface area contributed by atoms with Crippen LogP contribution >= 0.6 is 0 Å². The third-order valence-corrected chi connectivity index (χ3v) is 1.78. The van der Waals surface area contributed by atoms with E-state index in [1.807, 2.05) is 6.07 Å². The van der Waals surface area contributed by atoms with Crippen LogP contribution in [0.1, 0.15) is 17.3 Å². The average molecular weight is 161 g/mol. The maximum atomic E-state index is 11.1. The summed E-state index contributed by atoms with van der Waals surface area (Å²) in [5, 5.41) is 4.52. The summed E-state index contributed by atoms with van der Waals surface area (Å²) in [6.45, 7) is 1.53. The molecule has 1 aromatic carbocycles. The van der Waals surface area contributed by atoms with E-state index in [9.17, 15) is 4.79 Å². The van der Waals surface area contributed by atoms with Crippen LogP contribution in [0, 0.1) is 0 Å². The Bertz CT molecular complexity index is 431. The summed E-state index contributed by atoms with van der Waals surface area (Å²) in [5.41, 5.74) is 1.39. The van der Waals surface area contributed by atoms with Crippen molar-refractivity contribution in [2.45, 2.75) is 6.92 Å². The van der Waals surface area contributed by atoms with E-state index in [4.69, 9.17) is 4.52 Å². The van der Waals surface area contributed by atoms with Gasteiger partial charge in [-0.15, -0.1) is 0 Å². The molecule has 2 aromatic rings. The Hall–Kier alpha value is -1.64. The summed E-state index contributed by atoms with van der Waals surface area (Å²) >= 11 is 0. The van der Waals surface area contributed by atoms with E-state index in [0.29, 0.717) is 5.56 Å². The number of ketones is 1. The second-order valence-corrected chi connectivity index (χ2v) is 2.61. The van der Waals surface area contributed by atoms with Gasteiger partial charge in [0, 0.05) is 5.56 Å². The molecular formula is C9H7NO2. The number of aromatic nitrogens is 1. The highest BCUT2D eigenvalue weighted by molar-refractivity contribution is 6.05. The molecule has 0 saturated carbocycles. The van der Waals surface area contributed by atoms with Crippen molar-refractivity contribution in [2.24, 2.45) is 0 Å². The van der Waals surface area contributed by atoms with Crippen molar-refractivity contribution >= 4 is 16.7 Å². The third kappa shape index (κ3) is 0.906. The van der Waals surface area contributed by atoms with Gasteiger partial charge in [0.2, 0.25) is 0 Å². The molecule has 0 bridgehead atoms. The van der Waals surface area contributed by atoms with E-state index in [1.54, 1.807) is 12.1 Å². The van der Waals surface area contributed by atoms with Crippen molar-refractivity contribution in [3.8, 4) is 0 Å².